The molecule has 27 heteroatoms. The number of benzene rings is 1. The highest BCUT2D eigenvalue weighted by Gasteiger charge is 2.33. The topological polar surface area (TPSA) is 473 Å². The Labute approximate surface area is 434 Å². The molecule has 9 amide bonds. The van der Waals surface area contributed by atoms with Gasteiger partial charge in [0.25, 0.3) is 0 Å². The van der Waals surface area contributed by atoms with Gasteiger partial charge < -0.3 is 92.6 Å². The average Bonchev–Trinajstić information content (AvgIpc) is 3.35. The molecule has 23 N–H and O–H groups in total. The molecule has 9 atom stereocenters. The van der Waals surface area contributed by atoms with Crippen LogP contribution in [-0.4, -0.2) is 183 Å². The molecule has 0 aromatic heterocycles. The lowest BCUT2D eigenvalue weighted by Gasteiger charge is -2.34. The second kappa shape index (κ2) is 41.2. The highest BCUT2D eigenvalue weighted by atomic mass is 16.3. The third kappa shape index (κ3) is 30.7. The number of nitrogens with one attached hydrogen (secondary N) is 8. The van der Waals surface area contributed by atoms with Gasteiger partial charge in [-0.3, -0.25) is 48.1 Å². The Balaban J connectivity index is 0. The van der Waals surface area contributed by atoms with Crippen LogP contribution in [0.15, 0.2) is 30.3 Å². The summed E-state index contributed by atoms with van der Waals surface area (Å²) < 4.78 is 0. The molecule has 0 spiro atoms. The van der Waals surface area contributed by atoms with Crippen molar-refractivity contribution in [2.75, 3.05) is 59.4 Å². The van der Waals surface area contributed by atoms with E-state index in [1.165, 1.54) is 12.5 Å². The molecule has 1 aromatic carbocycles. The minimum Gasteiger partial charge on any atom is -0.391 e. The lowest BCUT2D eigenvalue weighted by atomic mass is 10.0. The molecular formula is C47H88N16O11. The Morgan fingerprint density at radius 3 is 1.49 bits per heavy atom. The number of nitrogens with zero attached hydrogens (tertiary/aromatic N) is 1. The van der Waals surface area contributed by atoms with Gasteiger partial charge in [-0.2, -0.15) is 0 Å². The highest BCUT2D eigenvalue weighted by molar-refractivity contribution is 5.95. The third-order valence-electron chi connectivity index (χ3n) is 10.9. The standard InChI is InChI=1S/C36H69N13O10.C7H8.C4H11N3O/c1-6-8-28(52)45-24(9-13-37)32(55)43-19-30(54)46-25(10-14-38)33(56)42-18-29(53)44-23(20-50)17-21(3)49(5)27(12-16-40)35(58)47-26(11-15-39)34(57)48-31(22(4)51)36(59)41-7-2;1-7-5-3-2-4-6-7;5-2-1-3(6)4(7)8/h20-27,31,51H,6-19,37-40H2,1-5H3,(H,41,59)(H,42,56)(H,43,55)(H,44,53)(H,45,52)(H,46,54)(H,47,58)(H,48,57);2-6H,1H3;3H,1-2,5-6H2,(H2,7,8). The molecule has 0 radical (unpaired) electrons. The summed E-state index contributed by atoms with van der Waals surface area (Å²) in [6.07, 6.45) is 0.824. The normalized spacial score (nSPS) is 14.3. The van der Waals surface area contributed by atoms with E-state index in [4.69, 9.17) is 40.1 Å². The summed E-state index contributed by atoms with van der Waals surface area (Å²) >= 11 is 0. The molecule has 27 nitrogen and oxygen atoms in total. The van der Waals surface area contributed by atoms with Crippen molar-refractivity contribution in [3.05, 3.63) is 35.9 Å². The van der Waals surface area contributed by atoms with Gasteiger partial charge in [-0.05, 0) is 112 Å². The van der Waals surface area contributed by atoms with Crippen molar-refractivity contribution in [2.45, 2.75) is 140 Å². The first-order valence-corrected chi connectivity index (χ1v) is 24.8. The van der Waals surface area contributed by atoms with Crippen LogP contribution in [0.1, 0.15) is 84.6 Å². The van der Waals surface area contributed by atoms with E-state index in [0.717, 1.165) is 0 Å². The summed E-state index contributed by atoms with van der Waals surface area (Å²) in [6, 6.07) is 2.66. The number of primary amides is 1. The number of carbonyl (C=O) groups is 10. The van der Waals surface area contributed by atoms with E-state index in [1.807, 2.05) is 18.2 Å². The molecule has 1 aromatic rings. The van der Waals surface area contributed by atoms with Crippen molar-refractivity contribution in [2.24, 2.45) is 40.1 Å². The molecule has 74 heavy (non-hydrogen) atoms. The van der Waals surface area contributed by atoms with Gasteiger partial charge in [-0.15, -0.1) is 0 Å². The molecule has 0 saturated heterocycles. The van der Waals surface area contributed by atoms with Crippen molar-refractivity contribution in [1.82, 2.24) is 47.4 Å². The molecule has 0 aliphatic rings. The van der Waals surface area contributed by atoms with Crippen LogP contribution in [0, 0.1) is 6.92 Å². The quantitative estimate of drug-likeness (QED) is 0.0286. The molecule has 0 heterocycles. The van der Waals surface area contributed by atoms with Crippen LogP contribution in [0.25, 0.3) is 0 Å². The average molecular weight is 1050 g/mol. The van der Waals surface area contributed by atoms with Gasteiger partial charge in [0.15, 0.2) is 0 Å². The molecule has 0 aliphatic carbocycles. The van der Waals surface area contributed by atoms with E-state index in [9.17, 15) is 53.1 Å². The molecule has 0 saturated carbocycles. The van der Waals surface area contributed by atoms with E-state index < -0.39 is 115 Å². The monoisotopic (exact) mass is 1050 g/mol. The van der Waals surface area contributed by atoms with Gasteiger partial charge in [0.2, 0.25) is 53.2 Å². The maximum atomic E-state index is 13.5. The predicted molar refractivity (Wildman–Crippen MR) is 279 cm³/mol. The number of nitrogens with two attached hydrogens (primary N) is 7. The van der Waals surface area contributed by atoms with Crippen molar-refractivity contribution >= 4 is 59.5 Å². The van der Waals surface area contributed by atoms with Crippen LogP contribution >= 0.6 is 0 Å². The number of likely N-dealkylation sites (N-methyl/N-ethyl adjacent to an activating group) is 2. The number of carbonyl (C=O) groups excluding carboxylic acids is 10. The number of aldehydes is 1. The second-order valence-electron chi connectivity index (χ2n) is 17.2. The van der Waals surface area contributed by atoms with Crippen LogP contribution < -0.4 is 82.7 Å². The van der Waals surface area contributed by atoms with Crippen LogP contribution in [0.4, 0.5) is 0 Å². The van der Waals surface area contributed by atoms with E-state index in [2.05, 4.69) is 61.6 Å². The Morgan fingerprint density at radius 2 is 1.09 bits per heavy atom. The number of aliphatic hydroxyl groups is 1. The Morgan fingerprint density at radius 1 is 0.622 bits per heavy atom. The molecular weight excluding hydrogens is 965 g/mol. The Bertz CT molecular complexity index is 1850. The second-order valence-corrected chi connectivity index (χ2v) is 17.2. The maximum Gasteiger partial charge on any atom is 0.245 e. The first-order valence-electron chi connectivity index (χ1n) is 24.8. The molecule has 0 aliphatic heterocycles. The summed E-state index contributed by atoms with van der Waals surface area (Å²) in [6.45, 7) is 8.37. The fourth-order valence-corrected chi connectivity index (χ4v) is 6.62. The van der Waals surface area contributed by atoms with Gasteiger partial charge >= 0.3 is 0 Å². The number of rotatable bonds is 34. The van der Waals surface area contributed by atoms with Crippen LogP contribution in [-0.2, 0) is 47.9 Å². The zero-order chi connectivity index (χ0) is 56.8. The molecule has 0 fully saturated rings. The van der Waals surface area contributed by atoms with Crippen molar-refractivity contribution in [3.8, 4) is 0 Å². The van der Waals surface area contributed by atoms with Crippen LogP contribution in [0.2, 0.25) is 0 Å². The van der Waals surface area contributed by atoms with E-state index in [0.29, 0.717) is 25.7 Å². The fraction of sp³-hybridized carbons (Fsp3) is 0.660. The predicted octanol–water partition coefficient (Wildman–Crippen LogP) is -6.22. The number of hydrogen-bond acceptors (Lipinski definition) is 18. The van der Waals surface area contributed by atoms with Gasteiger partial charge in [0.05, 0.1) is 37.3 Å². The van der Waals surface area contributed by atoms with Gasteiger partial charge in [0, 0.05) is 19.0 Å². The van der Waals surface area contributed by atoms with Crippen molar-refractivity contribution in [1.29, 1.82) is 0 Å². The summed E-state index contributed by atoms with van der Waals surface area (Å²) in [5.41, 5.74) is 39.1. The third-order valence-corrected chi connectivity index (χ3v) is 10.9. The minimum absolute atomic E-state index is 0.00828. The SMILES string of the molecule is CCCC(=O)NC(CCN)C(=O)NCC(=O)NC(CCN)C(=O)NCC(=O)NC(C=O)CC(C)N(C)C(CCN)C(=O)NC(CCN)C(=O)NC(C(=O)NCC)C(C)O.Cc1ccccc1.NCCC(N)C(N)=O. The number of aliphatic hydroxyl groups excluding tert-OH is 1. The summed E-state index contributed by atoms with van der Waals surface area (Å²) in [4.78, 5) is 126. The molecule has 422 valence electrons. The largest absolute Gasteiger partial charge is 0.391 e. The van der Waals surface area contributed by atoms with Crippen LogP contribution in [0.3, 0.4) is 0 Å². The first kappa shape index (κ1) is 69.9. The number of hydrogen-bond donors (Lipinski definition) is 16. The maximum absolute atomic E-state index is 13.5. The van der Waals surface area contributed by atoms with Crippen molar-refractivity contribution < 1.29 is 53.1 Å². The van der Waals surface area contributed by atoms with Gasteiger partial charge in [0.1, 0.15) is 30.5 Å². The van der Waals surface area contributed by atoms with Crippen molar-refractivity contribution in [3.63, 3.8) is 0 Å². The number of amides is 9. The molecule has 9 unspecified atom stereocenters. The van der Waals surface area contributed by atoms with Gasteiger partial charge in [-0.1, -0.05) is 42.8 Å². The summed E-state index contributed by atoms with van der Waals surface area (Å²) in [7, 11) is 1.60. The highest BCUT2D eigenvalue weighted by Crippen LogP contribution is 2.13. The Hall–Kier alpha value is -6.20. The van der Waals surface area contributed by atoms with Gasteiger partial charge in [-0.25, -0.2) is 0 Å². The Kier molecular flexibility index (Phi) is 38.9. The molecule has 0 bridgehead atoms. The van der Waals surface area contributed by atoms with Crippen LogP contribution in [0.5, 0.6) is 0 Å². The van der Waals surface area contributed by atoms with E-state index in [1.54, 1.807) is 32.7 Å². The lowest BCUT2D eigenvalue weighted by molar-refractivity contribution is -0.135. The van der Waals surface area contributed by atoms with E-state index in [-0.39, 0.29) is 77.2 Å². The van der Waals surface area contributed by atoms with E-state index >= 15 is 0 Å². The summed E-state index contributed by atoms with van der Waals surface area (Å²) in [5.74, 6) is -5.61. The molecule has 1 rings (SSSR count). The smallest absolute Gasteiger partial charge is 0.245 e. The zero-order valence-electron chi connectivity index (χ0n) is 44.0. The number of aryl methyl sites for hydroxylation is 1. The minimum atomic E-state index is -1.28. The fourth-order valence-electron chi connectivity index (χ4n) is 6.62. The zero-order valence-corrected chi connectivity index (χ0v) is 44.0. The summed E-state index contributed by atoms with van der Waals surface area (Å²) in [5, 5.41) is 30.0. The lowest BCUT2D eigenvalue weighted by Crippen LogP contribution is -2.59. The first-order chi connectivity index (χ1) is 35.0.